The highest BCUT2D eigenvalue weighted by Crippen LogP contribution is 2.21. The number of likely N-dealkylation sites (N-methyl/N-ethyl adjacent to an activating group) is 1. The molecular weight excluding hydrogens is 298 g/mol. The Balaban J connectivity index is 2.20. The van der Waals surface area contributed by atoms with Crippen LogP contribution < -0.4 is 10.5 Å². The summed E-state index contributed by atoms with van der Waals surface area (Å²) in [5.41, 5.74) is 6.30. The zero-order valence-corrected chi connectivity index (χ0v) is 13.7. The molecule has 2 heterocycles. The molecule has 0 radical (unpaired) electrons. The number of carbonyl (C=O) groups is 2. The fraction of sp³-hybridized carbons (Fsp3) is 0.600. The third-order valence-electron chi connectivity index (χ3n) is 4.01. The van der Waals surface area contributed by atoms with Crippen LogP contribution >= 0.6 is 0 Å². The second-order valence-corrected chi connectivity index (χ2v) is 5.44. The summed E-state index contributed by atoms with van der Waals surface area (Å²) in [6, 6.07) is -0.544. The Morgan fingerprint density at radius 3 is 2.48 bits per heavy atom. The van der Waals surface area contributed by atoms with E-state index in [-0.39, 0.29) is 23.9 Å². The first-order chi connectivity index (χ1) is 11.0. The number of nitrogens with zero attached hydrogens (tertiary/aromatic N) is 4. The normalized spacial score (nSPS) is 20.4. The van der Waals surface area contributed by atoms with E-state index in [1.165, 1.54) is 24.4 Å². The topological polar surface area (TPSA) is 102 Å². The molecule has 1 saturated heterocycles. The summed E-state index contributed by atoms with van der Waals surface area (Å²) < 4.78 is 4.88. The van der Waals surface area contributed by atoms with Crippen LogP contribution in [0.1, 0.15) is 30.6 Å². The average Bonchev–Trinajstić information content (AvgIpc) is 2.97. The van der Waals surface area contributed by atoms with Crippen molar-refractivity contribution in [2.24, 2.45) is 5.73 Å². The van der Waals surface area contributed by atoms with Crippen LogP contribution in [0.5, 0.6) is 6.01 Å². The van der Waals surface area contributed by atoms with Crippen molar-refractivity contribution < 1.29 is 14.3 Å². The summed E-state index contributed by atoms with van der Waals surface area (Å²) in [5, 5.41) is 0. The predicted octanol–water partition coefficient (Wildman–Crippen LogP) is -0.105. The number of hydrogen-bond acceptors (Lipinski definition) is 6. The van der Waals surface area contributed by atoms with E-state index < -0.39 is 6.04 Å². The summed E-state index contributed by atoms with van der Waals surface area (Å²) in [6.07, 6.45) is 3.27. The molecule has 2 N–H and O–H groups in total. The molecule has 2 rings (SSSR count). The number of rotatable bonds is 5. The van der Waals surface area contributed by atoms with Crippen LogP contribution in [-0.2, 0) is 4.79 Å². The van der Waals surface area contributed by atoms with E-state index in [0.717, 1.165) is 0 Å². The van der Waals surface area contributed by atoms with E-state index in [2.05, 4.69) is 9.97 Å². The van der Waals surface area contributed by atoms with Crippen molar-refractivity contribution in [3.05, 3.63) is 18.0 Å². The van der Waals surface area contributed by atoms with Crippen LogP contribution in [0.25, 0.3) is 0 Å². The maximum atomic E-state index is 12.7. The average molecular weight is 321 g/mol. The third-order valence-corrected chi connectivity index (χ3v) is 4.01. The Labute approximate surface area is 135 Å². The predicted molar refractivity (Wildman–Crippen MR) is 83.9 cm³/mol. The molecule has 1 fully saturated rings. The lowest BCUT2D eigenvalue weighted by atomic mass is 10.1. The molecule has 1 aliphatic rings. The second-order valence-electron chi connectivity index (χ2n) is 5.44. The van der Waals surface area contributed by atoms with Crippen molar-refractivity contribution in [3.63, 3.8) is 0 Å². The maximum absolute atomic E-state index is 12.7. The van der Waals surface area contributed by atoms with Gasteiger partial charge in [0, 0.05) is 38.1 Å². The first-order valence-corrected chi connectivity index (χ1v) is 7.73. The molecule has 23 heavy (non-hydrogen) atoms. The number of ether oxygens (including phenoxy) is 1. The summed E-state index contributed by atoms with van der Waals surface area (Å²) in [5.74, 6) is -0.350. The summed E-state index contributed by atoms with van der Waals surface area (Å²) >= 11 is 0. The molecule has 8 heteroatoms. The van der Waals surface area contributed by atoms with E-state index >= 15 is 0 Å². The van der Waals surface area contributed by atoms with Gasteiger partial charge in [0.05, 0.1) is 12.7 Å². The first kappa shape index (κ1) is 17.1. The van der Waals surface area contributed by atoms with Gasteiger partial charge in [-0.05, 0) is 20.3 Å². The fourth-order valence-corrected chi connectivity index (χ4v) is 2.77. The lowest BCUT2D eigenvalue weighted by Gasteiger charge is -2.28. The maximum Gasteiger partial charge on any atom is 0.316 e. The van der Waals surface area contributed by atoms with Crippen molar-refractivity contribution in [2.45, 2.75) is 32.4 Å². The number of aromatic nitrogens is 2. The Kier molecular flexibility index (Phi) is 5.49. The van der Waals surface area contributed by atoms with E-state index in [0.29, 0.717) is 31.6 Å². The molecule has 0 unspecified atom stereocenters. The minimum absolute atomic E-state index is 0.0641. The highest BCUT2D eigenvalue weighted by Gasteiger charge is 2.40. The molecule has 1 aromatic rings. The Morgan fingerprint density at radius 2 is 1.96 bits per heavy atom. The second kappa shape index (κ2) is 7.36. The van der Waals surface area contributed by atoms with Crippen LogP contribution in [0.15, 0.2) is 12.4 Å². The molecule has 2 atom stereocenters. The van der Waals surface area contributed by atoms with Gasteiger partial charge < -0.3 is 20.3 Å². The number of methoxy groups -OCH3 is 1. The van der Waals surface area contributed by atoms with Gasteiger partial charge in [-0.25, -0.2) is 9.97 Å². The molecule has 0 aliphatic carbocycles. The van der Waals surface area contributed by atoms with Gasteiger partial charge in [-0.3, -0.25) is 9.59 Å². The zero-order chi connectivity index (χ0) is 17.0. The number of carbonyl (C=O) groups excluding carboxylic acids is 2. The number of amides is 2. The minimum atomic E-state index is -0.528. The van der Waals surface area contributed by atoms with Gasteiger partial charge >= 0.3 is 6.01 Å². The lowest BCUT2D eigenvalue weighted by Crippen LogP contribution is -2.47. The van der Waals surface area contributed by atoms with Gasteiger partial charge in [0.2, 0.25) is 5.91 Å². The van der Waals surface area contributed by atoms with E-state index in [9.17, 15) is 9.59 Å². The zero-order valence-electron chi connectivity index (χ0n) is 13.7. The van der Waals surface area contributed by atoms with Crippen LogP contribution in [0.4, 0.5) is 0 Å². The van der Waals surface area contributed by atoms with Crippen LogP contribution in [0.3, 0.4) is 0 Å². The van der Waals surface area contributed by atoms with E-state index in [4.69, 9.17) is 10.5 Å². The van der Waals surface area contributed by atoms with E-state index in [1.54, 1.807) is 4.90 Å². The summed E-state index contributed by atoms with van der Waals surface area (Å²) in [7, 11) is 1.45. The van der Waals surface area contributed by atoms with Gasteiger partial charge in [-0.15, -0.1) is 0 Å². The quantitative estimate of drug-likeness (QED) is 0.812. The third kappa shape index (κ3) is 3.58. The van der Waals surface area contributed by atoms with Crippen LogP contribution in [0.2, 0.25) is 0 Å². The minimum Gasteiger partial charge on any atom is -0.467 e. The molecule has 0 aromatic carbocycles. The Morgan fingerprint density at radius 1 is 1.35 bits per heavy atom. The monoisotopic (exact) mass is 321 g/mol. The molecule has 126 valence electrons. The molecule has 0 saturated carbocycles. The SMILES string of the molecule is CCN(CC)C(=O)[C@@H]1C[C@@H](N)CN1C(=O)c1cnc(OC)nc1. The van der Waals surface area contributed by atoms with Gasteiger partial charge in [0.25, 0.3) is 5.91 Å². The van der Waals surface area contributed by atoms with Gasteiger partial charge in [-0.2, -0.15) is 0 Å². The molecule has 1 aromatic heterocycles. The highest BCUT2D eigenvalue weighted by atomic mass is 16.5. The molecule has 8 nitrogen and oxygen atoms in total. The first-order valence-electron chi connectivity index (χ1n) is 7.73. The lowest BCUT2D eigenvalue weighted by molar-refractivity contribution is -0.134. The Hall–Kier alpha value is -2.22. The molecule has 2 amide bonds. The van der Waals surface area contributed by atoms with E-state index in [1.807, 2.05) is 13.8 Å². The molecular formula is C15H23N5O3. The molecule has 0 spiro atoms. The number of likely N-dealkylation sites (tertiary alicyclic amines) is 1. The Bertz CT molecular complexity index is 559. The largest absolute Gasteiger partial charge is 0.467 e. The highest BCUT2D eigenvalue weighted by molar-refractivity contribution is 5.97. The molecule has 0 bridgehead atoms. The van der Waals surface area contributed by atoms with Crippen LogP contribution in [-0.4, -0.2) is 70.4 Å². The van der Waals surface area contributed by atoms with Crippen molar-refractivity contribution in [1.82, 2.24) is 19.8 Å². The van der Waals surface area contributed by atoms with Crippen molar-refractivity contribution >= 4 is 11.8 Å². The van der Waals surface area contributed by atoms with Crippen molar-refractivity contribution in [2.75, 3.05) is 26.7 Å². The number of hydrogen-bond donors (Lipinski definition) is 1. The van der Waals surface area contributed by atoms with Crippen LogP contribution in [0, 0.1) is 0 Å². The summed E-state index contributed by atoms with van der Waals surface area (Å²) in [4.78, 5) is 36.4. The fourth-order valence-electron chi connectivity index (χ4n) is 2.77. The smallest absolute Gasteiger partial charge is 0.316 e. The van der Waals surface area contributed by atoms with Crippen molar-refractivity contribution in [1.29, 1.82) is 0 Å². The van der Waals surface area contributed by atoms with Gasteiger partial charge in [-0.1, -0.05) is 0 Å². The van der Waals surface area contributed by atoms with Gasteiger partial charge in [0.15, 0.2) is 0 Å². The van der Waals surface area contributed by atoms with Gasteiger partial charge in [0.1, 0.15) is 6.04 Å². The molecule has 1 aliphatic heterocycles. The number of nitrogens with two attached hydrogens (primary N) is 1. The van der Waals surface area contributed by atoms with Crippen molar-refractivity contribution in [3.8, 4) is 6.01 Å². The standard InChI is InChI=1S/C15H23N5O3/c1-4-19(5-2)14(22)12-6-11(16)9-20(12)13(21)10-7-17-15(23-3)18-8-10/h7-8,11-12H,4-6,9,16H2,1-3H3/t11-,12+/m1/s1. The summed E-state index contributed by atoms with van der Waals surface area (Å²) in [6.45, 7) is 5.39.